The van der Waals surface area contributed by atoms with Crippen LogP contribution in [0.2, 0.25) is 0 Å². The monoisotopic (exact) mass is 239 g/mol. The van der Waals surface area contributed by atoms with Crippen molar-refractivity contribution in [2.45, 2.75) is 45.2 Å². The van der Waals surface area contributed by atoms with E-state index in [2.05, 4.69) is 37.6 Å². The van der Waals surface area contributed by atoms with Crippen molar-refractivity contribution in [1.29, 1.82) is 0 Å². The summed E-state index contributed by atoms with van der Waals surface area (Å²) in [5, 5.41) is 0. The van der Waals surface area contributed by atoms with E-state index in [-0.39, 0.29) is 5.54 Å². The average molecular weight is 239 g/mol. The fourth-order valence-corrected chi connectivity index (χ4v) is 3.66. The first-order valence-electron chi connectivity index (χ1n) is 7.14. The van der Waals surface area contributed by atoms with Gasteiger partial charge in [-0.25, -0.2) is 0 Å². The van der Waals surface area contributed by atoms with E-state index in [4.69, 9.17) is 5.73 Å². The van der Waals surface area contributed by atoms with Crippen molar-refractivity contribution in [1.82, 2.24) is 9.80 Å². The molecular formula is C14H29N3. The van der Waals surface area contributed by atoms with E-state index in [1.807, 2.05) is 0 Å². The summed E-state index contributed by atoms with van der Waals surface area (Å²) >= 11 is 0. The highest BCUT2D eigenvalue weighted by atomic mass is 15.3. The fraction of sp³-hybridized carbons (Fsp3) is 1.00. The first-order valence-corrected chi connectivity index (χ1v) is 7.14. The second-order valence-corrected chi connectivity index (χ2v) is 6.64. The van der Waals surface area contributed by atoms with Gasteiger partial charge in [0.1, 0.15) is 0 Å². The molecule has 3 unspecified atom stereocenters. The Morgan fingerprint density at radius 1 is 1.41 bits per heavy atom. The van der Waals surface area contributed by atoms with Crippen molar-refractivity contribution >= 4 is 0 Å². The maximum Gasteiger partial charge on any atom is 0.0473 e. The number of hydrogen-bond acceptors (Lipinski definition) is 3. The second-order valence-electron chi connectivity index (χ2n) is 6.64. The molecule has 0 saturated carbocycles. The van der Waals surface area contributed by atoms with E-state index in [0.717, 1.165) is 24.9 Å². The Hall–Kier alpha value is -0.120. The van der Waals surface area contributed by atoms with Gasteiger partial charge in [-0.1, -0.05) is 13.8 Å². The highest BCUT2D eigenvalue weighted by molar-refractivity contribution is 5.04. The first-order chi connectivity index (χ1) is 7.98. The van der Waals surface area contributed by atoms with Gasteiger partial charge in [0.15, 0.2) is 0 Å². The Morgan fingerprint density at radius 2 is 2.12 bits per heavy atom. The summed E-state index contributed by atoms with van der Waals surface area (Å²) < 4.78 is 0. The van der Waals surface area contributed by atoms with Crippen molar-refractivity contribution in [2.24, 2.45) is 17.6 Å². The van der Waals surface area contributed by atoms with Crippen molar-refractivity contribution in [3.63, 3.8) is 0 Å². The molecule has 2 N–H and O–H groups in total. The number of nitrogens with two attached hydrogens (primary N) is 1. The van der Waals surface area contributed by atoms with Crippen molar-refractivity contribution in [2.75, 3.05) is 33.2 Å². The van der Waals surface area contributed by atoms with Crippen LogP contribution in [-0.4, -0.2) is 54.6 Å². The molecule has 0 aromatic rings. The largest absolute Gasteiger partial charge is 0.329 e. The van der Waals surface area contributed by atoms with Gasteiger partial charge in [0.25, 0.3) is 0 Å². The minimum atomic E-state index is 0.262. The van der Waals surface area contributed by atoms with Crippen molar-refractivity contribution in [3.05, 3.63) is 0 Å². The molecule has 2 aliphatic rings. The van der Waals surface area contributed by atoms with Crippen LogP contribution in [-0.2, 0) is 0 Å². The Labute approximate surface area is 106 Å². The van der Waals surface area contributed by atoms with E-state index >= 15 is 0 Å². The predicted octanol–water partition coefficient (Wildman–Crippen LogP) is 1.39. The zero-order valence-electron chi connectivity index (χ0n) is 11.9. The lowest BCUT2D eigenvalue weighted by Gasteiger charge is -2.38. The van der Waals surface area contributed by atoms with Crippen LogP contribution in [0.5, 0.6) is 0 Å². The van der Waals surface area contributed by atoms with Gasteiger partial charge < -0.3 is 10.6 Å². The smallest absolute Gasteiger partial charge is 0.0473 e. The van der Waals surface area contributed by atoms with Crippen LogP contribution < -0.4 is 5.73 Å². The molecule has 0 aromatic carbocycles. The zero-order chi connectivity index (χ0) is 12.6. The maximum absolute atomic E-state index is 6.13. The van der Waals surface area contributed by atoms with E-state index in [1.165, 1.54) is 25.9 Å². The summed E-state index contributed by atoms with van der Waals surface area (Å²) in [6.45, 7) is 11.5. The molecule has 100 valence electrons. The molecule has 0 bridgehead atoms. The van der Waals surface area contributed by atoms with Crippen molar-refractivity contribution in [3.8, 4) is 0 Å². The van der Waals surface area contributed by atoms with Gasteiger partial charge in [-0.05, 0) is 45.2 Å². The van der Waals surface area contributed by atoms with E-state index in [0.29, 0.717) is 6.04 Å². The molecule has 0 amide bonds. The molecular weight excluding hydrogens is 210 g/mol. The Morgan fingerprint density at radius 3 is 2.53 bits per heavy atom. The maximum atomic E-state index is 6.13. The van der Waals surface area contributed by atoms with Crippen LogP contribution in [0.3, 0.4) is 0 Å². The van der Waals surface area contributed by atoms with E-state index in [9.17, 15) is 0 Å². The highest BCUT2D eigenvalue weighted by Gasteiger charge is 2.46. The van der Waals surface area contributed by atoms with Gasteiger partial charge in [0.2, 0.25) is 0 Å². The number of hydrogen-bond donors (Lipinski definition) is 1. The van der Waals surface area contributed by atoms with Gasteiger partial charge in [0.05, 0.1) is 0 Å². The third-order valence-electron chi connectivity index (χ3n) is 5.19. The van der Waals surface area contributed by atoms with Gasteiger partial charge in [0, 0.05) is 31.2 Å². The molecule has 3 nitrogen and oxygen atoms in total. The molecule has 0 spiro atoms. The quantitative estimate of drug-likeness (QED) is 0.808. The number of likely N-dealkylation sites (tertiary alicyclic amines) is 2. The SMILES string of the molecule is CC(C)C1CCN(C2(CN)CC(C)N(C)C2)C1. The molecule has 2 aliphatic heterocycles. The first kappa shape index (κ1) is 13.3. The Bertz CT molecular complexity index is 254. The lowest BCUT2D eigenvalue weighted by atomic mass is 9.93. The Balaban J connectivity index is 2.05. The summed E-state index contributed by atoms with van der Waals surface area (Å²) in [5.41, 5.74) is 6.39. The Kier molecular flexibility index (Phi) is 3.81. The molecule has 17 heavy (non-hydrogen) atoms. The average Bonchev–Trinajstić information content (AvgIpc) is 2.86. The molecule has 0 aliphatic carbocycles. The summed E-state index contributed by atoms with van der Waals surface area (Å²) in [5.74, 6) is 1.69. The second kappa shape index (κ2) is 4.87. The summed E-state index contributed by atoms with van der Waals surface area (Å²) in [6, 6.07) is 0.677. The summed E-state index contributed by atoms with van der Waals surface area (Å²) in [4.78, 5) is 5.16. The minimum absolute atomic E-state index is 0.262. The van der Waals surface area contributed by atoms with Crippen LogP contribution in [0.4, 0.5) is 0 Å². The van der Waals surface area contributed by atoms with Crippen LogP contribution in [0.1, 0.15) is 33.6 Å². The number of rotatable bonds is 3. The van der Waals surface area contributed by atoms with Gasteiger partial charge in [-0.2, -0.15) is 0 Å². The van der Waals surface area contributed by atoms with Crippen LogP contribution >= 0.6 is 0 Å². The summed E-state index contributed by atoms with van der Waals surface area (Å²) in [6.07, 6.45) is 2.60. The third-order valence-corrected chi connectivity index (χ3v) is 5.19. The van der Waals surface area contributed by atoms with Crippen LogP contribution in [0.15, 0.2) is 0 Å². The molecule has 2 saturated heterocycles. The normalized spacial score (nSPS) is 40.6. The van der Waals surface area contributed by atoms with Crippen LogP contribution in [0.25, 0.3) is 0 Å². The lowest BCUT2D eigenvalue weighted by Crippen LogP contribution is -2.54. The van der Waals surface area contributed by atoms with Gasteiger partial charge >= 0.3 is 0 Å². The molecule has 3 heteroatoms. The lowest BCUT2D eigenvalue weighted by molar-refractivity contribution is 0.123. The van der Waals surface area contributed by atoms with E-state index < -0.39 is 0 Å². The topological polar surface area (TPSA) is 32.5 Å². The fourth-order valence-electron chi connectivity index (χ4n) is 3.66. The van der Waals surface area contributed by atoms with Gasteiger partial charge in [-0.15, -0.1) is 0 Å². The zero-order valence-corrected chi connectivity index (χ0v) is 11.9. The molecule has 0 aromatic heterocycles. The number of likely N-dealkylation sites (N-methyl/N-ethyl adjacent to an activating group) is 1. The number of nitrogens with zero attached hydrogens (tertiary/aromatic N) is 2. The minimum Gasteiger partial charge on any atom is -0.329 e. The van der Waals surface area contributed by atoms with E-state index in [1.54, 1.807) is 0 Å². The molecule has 3 atom stereocenters. The third kappa shape index (κ3) is 2.38. The highest BCUT2D eigenvalue weighted by Crippen LogP contribution is 2.36. The molecule has 2 rings (SSSR count). The van der Waals surface area contributed by atoms with Crippen LogP contribution in [0, 0.1) is 11.8 Å². The molecule has 2 heterocycles. The van der Waals surface area contributed by atoms with Gasteiger partial charge in [-0.3, -0.25) is 4.90 Å². The summed E-state index contributed by atoms with van der Waals surface area (Å²) in [7, 11) is 2.23. The molecule has 0 radical (unpaired) electrons. The standard InChI is InChI=1S/C14H29N3/c1-11(2)13-5-6-17(8-13)14(9-15)7-12(3)16(4)10-14/h11-13H,5-10,15H2,1-4H3. The molecule has 2 fully saturated rings. The predicted molar refractivity (Wildman–Crippen MR) is 73.0 cm³/mol. The van der Waals surface area contributed by atoms with Crippen molar-refractivity contribution < 1.29 is 0 Å².